The number of carbonyl (C=O) groups excluding carboxylic acids is 1. The minimum absolute atomic E-state index is 0.481. The van der Waals surface area contributed by atoms with E-state index < -0.39 is 16.3 Å². The van der Waals surface area contributed by atoms with Crippen LogP contribution < -0.4 is 4.90 Å². The fourth-order valence-corrected chi connectivity index (χ4v) is 4.20. The van der Waals surface area contributed by atoms with Gasteiger partial charge in [0, 0.05) is 16.9 Å². The summed E-state index contributed by atoms with van der Waals surface area (Å²) in [6, 6.07) is 28.3. The van der Waals surface area contributed by atoms with E-state index in [1.807, 2.05) is 103 Å². The second-order valence-corrected chi connectivity index (χ2v) is 8.22. The largest absolute Gasteiger partial charge is 0.424 e. The molecule has 1 aliphatic rings. The summed E-state index contributed by atoms with van der Waals surface area (Å²) in [7, 11) is 0. The number of benzene rings is 3. The first-order valence-corrected chi connectivity index (χ1v) is 10.0. The molecule has 0 amide bonds. The van der Waals surface area contributed by atoms with Crippen molar-refractivity contribution in [2.24, 2.45) is 0 Å². The van der Waals surface area contributed by atoms with Crippen LogP contribution in [0.5, 0.6) is 0 Å². The van der Waals surface area contributed by atoms with E-state index in [4.69, 9.17) is 27.9 Å². The number of hydrogen-bond donors (Lipinski definition) is 0. The molecule has 0 aromatic heterocycles. The van der Waals surface area contributed by atoms with Gasteiger partial charge in [-0.05, 0) is 36.8 Å². The molecular weight excluding hydrogens is 405 g/mol. The Morgan fingerprint density at radius 2 is 1.24 bits per heavy atom. The molecule has 0 saturated heterocycles. The van der Waals surface area contributed by atoms with Crippen LogP contribution >= 0.6 is 23.2 Å². The number of esters is 1. The van der Waals surface area contributed by atoms with Crippen LogP contribution in [0.15, 0.2) is 96.6 Å². The number of carbonyl (C=O) groups is 1. The van der Waals surface area contributed by atoms with E-state index in [0.717, 1.165) is 22.5 Å². The Morgan fingerprint density at radius 1 is 0.793 bits per heavy atom. The van der Waals surface area contributed by atoms with E-state index in [2.05, 4.69) is 0 Å². The van der Waals surface area contributed by atoms with Crippen molar-refractivity contribution in [2.75, 3.05) is 4.90 Å². The van der Waals surface area contributed by atoms with Crippen LogP contribution in [0.2, 0.25) is 0 Å². The lowest BCUT2D eigenvalue weighted by Gasteiger charge is -2.43. The highest BCUT2D eigenvalue weighted by Gasteiger charge is 2.53. The number of para-hydroxylation sites is 2. The zero-order valence-corrected chi connectivity index (χ0v) is 17.3. The van der Waals surface area contributed by atoms with Crippen molar-refractivity contribution in [3.8, 4) is 0 Å². The van der Waals surface area contributed by atoms with Crippen LogP contribution in [-0.2, 0) is 9.53 Å². The number of halogens is 2. The SMILES string of the molecule is CC1=C(c2ccccc2)OC(=O)C(Cl)(Cl)C1N(c1ccccc1)c1ccccc1. The predicted molar refractivity (Wildman–Crippen MR) is 118 cm³/mol. The van der Waals surface area contributed by atoms with Crippen molar-refractivity contribution in [2.45, 2.75) is 17.3 Å². The highest BCUT2D eigenvalue weighted by atomic mass is 35.5. The van der Waals surface area contributed by atoms with Crippen molar-refractivity contribution in [1.82, 2.24) is 0 Å². The average Bonchev–Trinajstić information content (AvgIpc) is 2.76. The molecule has 0 spiro atoms. The Morgan fingerprint density at radius 3 is 1.72 bits per heavy atom. The Bertz CT molecular complexity index is 995. The van der Waals surface area contributed by atoms with Crippen molar-refractivity contribution in [1.29, 1.82) is 0 Å². The van der Waals surface area contributed by atoms with Crippen LogP contribution in [0.4, 0.5) is 11.4 Å². The van der Waals surface area contributed by atoms with E-state index in [1.165, 1.54) is 0 Å². The first kappa shape index (κ1) is 19.6. The molecule has 4 rings (SSSR count). The Hall–Kier alpha value is -2.75. The molecule has 29 heavy (non-hydrogen) atoms. The van der Waals surface area contributed by atoms with Crippen molar-refractivity contribution in [3.05, 3.63) is 102 Å². The van der Waals surface area contributed by atoms with E-state index >= 15 is 0 Å². The lowest BCUT2D eigenvalue weighted by Crippen LogP contribution is -2.53. The van der Waals surface area contributed by atoms with Gasteiger partial charge in [-0.15, -0.1) is 0 Å². The van der Waals surface area contributed by atoms with Gasteiger partial charge in [-0.3, -0.25) is 0 Å². The summed E-state index contributed by atoms with van der Waals surface area (Å²) in [5.74, 6) is -0.207. The van der Waals surface area contributed by atoms with Gasteiger partial charge < -0.3 is 9.64 Å². The highest BCUT2D eigenvalue weighted by Crippen LogP contribution is 2.46. The molecule has 1 aliphatic heterocycles. The lowest BCUT2D eigenvalue weighted by atomic mass is 9.94. The van der Waals surface area contributed by atoms with Gasteiger partial charge in [-0.2, -0.15) is 0 Å². The van der Waals surface area contributed by atoms with Crippen LogP contribution in [0.1, 0.15) is 12.5 Å². The smallest absolute Gasteiger partial charge is 0.350 e. The third kappa shape index (κ3) is 3.64. The van der Waals surface area contributed by atoms with Gasteiger partial charge in [0.2, 0.25) is 4.33 Å². The van der Waals surface area contributed by atoms with Gasteiger partial charge in [0.25, 0.3) is 0 Å². The fourth-order valence-electron chi connectivity index (χ4n) is 3.61. The molecule has 1 atom stereocenters. The molecule has 3 nitrogen and oxygen atoms in total. The van der Waals surface area contributed by atoms with E-state index in [0.29, 0.717) is 5.76 Å². The molecule has 0 N–H and O–H groups in total. The predicted octanol–water partition coefficient (Wildman–Crippen LogP) is 6.36. The number of alkyl halides is 2. The zero-order chi connectivity index (χ0) is 20.4. The van der Waals surface area contributed by atoms with Crippen molar-refractivity contribution in [3.63, 3.8) is 0 Å². The summed E-state index contributed by atoms with van der Waals surface area (Å²) >= 11 is 13.3. The first-order chi connectivity index (χ1) is 14.0. The zero-order valence-electron chi connectivity index (χ0n) is 15.8. The van der Waals surface area contributed by atoms with Crippen LogP contribution in [0.3, 0.4) is 0 Å². The monoisotopic (exact) mass is 423 g/mol. The number of ether oxygens (including phenoxy) is 1. The number of hydrogen-bond acceptors (Lipinski definition) is 3. The summed E-state index contributed by atoms with van der Waals surface area (Å²) in [5.41, 5.74) is 3.31. The second-order valence-electron chi connectivity index (χ2n) is 6.83. The molecule has 146 valence electrons. The summed E-state index contributed by atoms with van der Waals surface area (Å²) in [6.07, 6.45) is 0. The maximum absolute atomic E-state index is 12.9. The average molecular weight is 424 g/mol. The Kier molecular flexibility index (Phi) is 5.35. The molecule has 0 aliphatic carbocycles. The second kappa shape index (κ2) is 7.94. The number of rotatable bonds is 4. The van der Waals surface area contributed by atoms with Gasteiger partial charge >= 0.3 is 5.97 Å². The Balaban J connectivity index is 1.95. The molecule has 3 aromatic carbocycles. The van der Waals surface area contributed by atoms with Gasteiger partial charge in [-0.1, -0.05) is 89.9 Å². The van der Waals surface area contributed by atoms with Gasteiger partial charge in [-0.25, -0.2) is 4.79 Å². The standard InChI is InChI=1S/C24H19Cl2NO2/c1-17-21(18-11-5-2-6-12-18)29-23(28)24(25,26)22(17)27(19-13-7-3-8-14-19)20-15-9-4-10-16-20/h2-16,22H,1H3. The normalized spacial score (nSPS) is 18.3. The topological polar surface area (TPSA) is 29.5 Å². The molecule has 0 saturated carbocycles. The van der Waals surface area contributed by atoms with E-state index in [-0.39, 0.29) is 0 Å². The van der Waals surface area contributed by atoms with E-state index in [1.54, 1.807) is 0 Å². The Labute approximate surface area is 180 Å². The summed E-state index contributed by atoms with van der Waals surface area (Å²) < 4.78 is 3.82. The first-order valence-electron chi connectivity index (χ1n) is 9.26. The minimum Gasteiger partial charge on any atom is -0.424 e. The lowest BCUT2D eigenvalue weighted by molar-refractivity contribution is -0.138. The minimum atomic E-state index is -1.78. The maximum Gasteiger partial charge on any atom is 0.350 e. The molecule has 1 unspecified atom stereocenters. The quantitative estimate of drug-likeness (QED) is 0.361. The van der Waals surface area contributed by atoms with Crippen molar-refractivity contribution >= 4 is 46.3 Å². The fraction of sp³-hybridized carbons (Fsp3) is 0.125. The van der Waals surface area contributed by atoms with Gasteiger partial charge in [0.15, 0.2) is 0 Å². The molecule has 0 fully saturated rings. The molecule has 5 heteroatoms. The van der Waals surface area contributed by atoms with Gasteiger partial charge in [0.05, 0.1) is 0 Å². The number of nitrogens with zero attached hydrogens (tertiary/aromatic N) is 1. The third-order valence-corrected chi connectivity index (χ3v) is 5.66. The van der Waals surface area contributed by atoms with Crippen molar-refractivity contribution < 1.29 is 9.53 Å². The molecule has 3 aromatic rings. The van der Waals surface area contributed by atoms with Crippen LogP contribution in [0.25, 0.3) is 5.76 Å². The van der Waals surface area contributed by atoms with E-state index in [9.17, 15) is 4.79 Å². The summed E-state index contributed by atoms with van der Waals surface area (Å²) in [6.45, 7) is 1.90. The van der Waals surface area contributed by atoms with Crippen LogP contribution in [-0.4, -0.2) is 16.3 Å². The van der Waals surface area contributed by atoms with Gasteiger partial charge in [0.1, 0.15) is 11.8 Å². The summed E-state index contributed by atoms with van der Waals surface area (Å²) in [4.78, 5) is 14.9. The molecule has 1 heterocycles. The highest BCUT2D eigenvalue weighted by molar-refractivity contribution is 6.59. The molecular formula is C24H19Cl2NO2. The maximum atomic E-state index is 12.9. The number of anilines is 2. The van der Waals surface area contributed by atoms with Crippen LogP contribution in [0, 0.1) is 0 Å². The molecule has 0 radical (unpaired) electrons. The summed E-state index contributed by atoms with van der Waals surface area (Å²) in [5, 5.41) is 0. The number of cyclic esters (lactones) is 1. The third-order valence-electron chi connectivity index (χ3n) is 4.94. The molecule has 0 bridgehead atoms.